The molecule has 0 unspecified atom stereocenters. The molecule has 1 N–H and O–H groups in total. The van der Waals surface area contributed by atoms with E-state index in [1.807, 2.05) is 19.9 Å². The van der Waals surface area contributed by atoms with E-state index < -0.39 is 11.8 Å². The van der Waals surface area contributed by atoms with E-state index in [9.17, 15) is 9.59 Å². The number of carbonyl (C=O) groups is 2. The van der Waals surface area contributed by atoms with Crippen LogP contribution in [0.1, 0.15) is 22.5 Å². The molecule has 0 atom stereocenters. The van der Waals surface area contributed by atoms with Crippen LogP contribution in [0.5, 0.6) is 0 Å². The number of aryl methyl sites for hydroxylation is 2. The minimum atomic E-state index is -0.481. The van der Waals surface area contributed by atoms with Crippen molar-refractivity contribution in [1.29, 1.82) is 0 Å². The lowest BCUT2D eigenvalue weighted by molar-refractivity contribution is -0.128. The highest BCUT2D eigenvalue weighted by Gasteiger charge is 2.32. The molecule has 1 aromatic carbocycles. The quantitative estimate of drug-likeness (QED) is 0.226. The predicted molar refractivity (Wildman–Crippen MR) is 123 cm³/mol. The number of thiocarbonyl (C=S) groups is 1. The molecule has 1 aliphatic heterocycles. The summed E-state index contributed by atoms with van der Waals surface area (Å²) in [5.41, 5.74) is 5.10. The molecule has 5 nitrogen and oxygen atoms in total. The molecule has 3 rings (SSSR count). The van der Waals surface area contributed by atoms with Crippen LogP contribution in [0.3, 0.4) is 0 Å². The maximum absolute atomic E-state index is 12.7. The van der Waals surface area contributed by atoms with Crippen molar-refractivity contribution in [2.24, 2.45) is 0 Å². The summed E-state index contributed by atoms with van der Waals surface area (Å²) in [6.45, 7) is 9.94. The molecule has 0 spiro atoms. The van der Waals surface area contributed by atoms with E-state index in [-0.39, 0.29) is 17.2 Å². The first-order valence-corrected chi connectivity index (χ1v) is 10.2. The molecule has 0 radical (unpaired) electrons. The SMILES string of the molecule is C=CCN1C(=O)/C(=C\c2cc(C)n(-c3ccc(I)c(C)c3)c2C)C(=O)NC1=S. The second kappa shape index (κ2) is 8.00. The Kier molecular flexibility index (Phi) is 5.85. The van der Waals surface area contributed by atoms with Crippen molar-refractivity contribution >= 4 is 57.8 Å². The molecule has 0 saturated carbocycles. The van der Waals surface area contributed by atoms with Gasteiger partial charge in [-0.3, -0.25) is 19.8 Å². The van der Waals surface area contributed by atoms with Crippen molar-refractivity contribution in [2.75, 3.05) is 6.54 Å². The Morgan fingerprint density at radius 1 is 1.21 bits per heavy atom. The lowest BCUT2D eigenvalue weighted by Gasteiger charge is -2.27. The molecule has 2 amide bonds. The van der Waals surface area contributed by atoms with Crippen LogP contribution in [0, 0.1) is 24.3 Å². The topological polar surface area (TPSA) is 54.3 Å². The van der Waals surface area contributed by atoms with E-state index in [0.29, 0.717) is 0 Å². The predicted octanol–water partition coefficient (Wildman–Crippen LogP) is 3.82. The summed E-state index contributed by atoms with van der Waals surface area (Å²) in [5.74, 6) is -0.895. The maximum atomic E-state index is 12.7. The normalized spacial score (nSPS) is 15.9. The first-order valence-electron chi connectivity index (χ1n) is 8.69. The second-order valence-corrected chi connectivity index (χ2v) is 8.17. The van der Waals surface area contributed by atoms with E-state index in [4.69, 9.17) is 12.2 Å². The zero-order valence-corrected chi connectivity index (χ0v) is 18.8. The molecule has 1 fully saturated rings. The standard InChI is InChI=1S/C21H20IN3O2S/c1-5-8-24-20(27)17(19(26)23-21(24)28)11-15-10-13(3)25(14(15)4)16-6-7-18(22)12(2)9-16/h5-7,9-11H,1,8H2,2-4H3,(H,23,26,28)/b17-11-. The molecule has 28 heavy (non-hydrogen) atoms. The van der Waals surface area contributed by atoms with Crippen molar-refractivity contribution in [3.05, 3.63) is 68.6 Å². The highest BCUT2D eigenvalue weighted by Crippen LogP contribution is 2.25. The number of nitrogens with zero attached hydrogens (tertiary/aromatic N) is 2. The molecule has 1 aromatic heterocycles. The third-order valence-corrected chi connectivity index (χ3v) is 6.20. The highest BCUT2D eigenvalue weighted by atomic mass is 127. The monoisotopic (exact) mass is 505 g/mol. The summed E-state index contributed by atoms with van der Waals surface area (Å²) >= 11 is 7.41. The zero-order valence-electron chi connectivity index (χ0n) is 15.9. The van der Waals surface area contributed by atoms with E-state index >= 15 is 0 Å². The Morgan fingerprint density at radius 3 is 2.57 bits per heavy atom. The Bertz CT molecular complexity index is 1050. The van der Waals surface area contributed by atoms with Crippen LogP contribution in [-0.2, 0) is 9.59 Å². The fourth-order valence-corrected chi connectivity index (χ4v) is 3.83. The number of hydrogen-bond acceptors (Lipinski definition) is 3. The van der Waals surface area contributed by atoms with Crippen molar-refractivity contribution in [3.8, 4) is 5.69 Å². The molecule has 2 aromatic rings. The van der Waals surface area contributed by atoms with E-state index in [2.05, 4.69) is 64.2 Å². The fraction of sp³-hybridized carbons (Fsp3) is 0.190. The van der Waals surface area contributed by atoms with Gasteiger partial charge in [-0.05, 0) is 97.0 Å². The third-order valence-electron chi connectivity index (χ3n) is 4.67. The Hall–Kier alpha value is -2.26. The van der Waals surface area contributed by atoms with Crippen LogP contribution >= 0.6 is 34.8 Å². The van der Waals surface area contributed by atoms with Gasteiger partial charge in [-0.25, -0.2) is 0 Å². The number of aromatic nitrogens is 1. The van der Waals surface area contributed by atoms with Gasteiger partial charge in [0.15, 0.2) is 5.11 Å². The van der Waals surface area contributed by atoms with Gasteiger partial charge >= 0.3 is 0 Å². The molecule has 0 aliphatic carbocycles. The lowest BCUT2D eigenvalue weighted by atomic mass is 10.1. The summed E-state index contributed by atoms with van der Waals surface area (Å²) in [6, 6.07) is 8.24. The average molecular weight is 505 g/mol. The molecule has 0 bridgehead atoms. The van der Waals surface area contributed by atoms with Gasteiger partial charge in [0.1, 0.15) is 5.57 Å². The van der Waals surface area contributed by atoms with Crippen LogP contribution < -0.4 is 5.32 Å². The third kappa shape index (κ3) is 3.68. The first-order chi connectivity index (χ1) is 13.2. The van der Waals surface area contributed by atoms with Crippen molar-refractivity contribution in [3.63, 3.8) is 0 Å². The van der Waals surface area contributed by atoms with Crippen LogP contribution in [0.4, 0.5) is 0 Å². The van der Waals surface area contributed by atoms with Gasteiger partial charge in [0.25, 0.3) is 11.8 Å². The Labute approximate surface area is 183 Å². The maximum Gasteiger partial charge on any atom is 0.265 e. The lowest BCUT2D eigenvalue weighted by Crippen LogP contribution is -2.53. The number of benzene rings is 1. The number of carbonyl (C=O) groups excluding carboxylic acids is 2. The summed E-state index contributed by atoms with van der Waals surface area (Å²) < 4.78 is 3.32. The van der Waals surface area contributed by atoms with Crippen molar-refractivity contribution < 1.29 is 9.59 Å². The Morgan fingerprint density at radius 2 is 1.93 bits per heavy atom. The van der Waals surface area contributed by atoms with E-state index in [0.717, 1.165) is 22.6 Å². The fourth-order valence-electron chi connectivity index (χ4n) is 3.24. The van der Waals surface area contributed by atoms with Crippen LogP contribution in [0.2, 0.25) is 0 Å². The van der Waals surface area contributed by atoms with Crippen LogP contribution in [0.15, 0.2) is 42.5 Å². The number of amides is 2. The number of hydrogen-bond donors (Lipinski definition) is 1. The molecular weight excluding hydrogens is 485 g/mol. The highest BCUT2D eigenvalue weighted by molar-refractivity contribution is 14.1. The summed E-state index contributed by atoms with van der Waals surface area (Å²) in [6.07, 6.45) is 3.21. The molecular formula is C21H20IN3O2S. The van der Waals surface area contributed by atoms with Crippen LogP contribution in [-0.4, -0.2) is 32.9 Å². The van der Waals surface area contributed by atoms with E-state index in [1.165, 1.54) is 14.0 Å². The van der Waals surface area contributed by atoms with E-state index in [1.54, 1.807) is 12.2 Å². The molecule has 7 heteroatoms. The van der Waals surface area contributed by atoms with Gasteiger partial charge in [-0.15, -0.1) is 6.58 Å². The first kappa shape index (κ1) is 20.5. The number of rotatable bonds is 4. The molecule has 2 heterocycles. The van der Waals surface area contributed by atoms with Gasteiger partial charge in [-0.2, -0.15) is 0 Å². The molecule has 1 saturated heterocycles. The van der Waals surface area contributed by atoms with Gasteiger partial charge in [-0.1, -0.05) is 6.08 Å². The average Bonchev–Trinajstić information content (AvgIpc) is 2.91. The minimum Gasteiger partial charge on any atom is -0.318 e. The van der Waals surface area contributed by atoms with Gasteiger partial charge in [0, 0.05) is 27.2 Å². The van der Waals surface area contributed by atoms with Crippen molar-refractivity contribution in [1.82, 2.24) is 14.8 Å². The summed E-state index contributed by atoms with van der Waals surface area (Å²) in [7, 11) is 0. The largest absolute Gasteiger partial charge is 0.318 e. The van der Waals surface area contributed by atoms with Crippen molar-refractivity contribution in [2.45, 2.75) is 20.8 Å². The summed E-state index contributed by atoms with van der Waals surface area (Å²) in [4.78, 5) is 26.5. The molecule has 1 aliphatic rings. The summed E-state index contributed by atoms with van der Waals surface area (Å²) in [5, 5.41) is 2.68. The van der Waals surface area contributed by atoms with Gasteiger partial charge in [0.05, 0.1) is 0 Å². The van der Waals surface area contributed by atoms with Gasteiger partial charge < -0.3 is 4.57 Å². The minimum absolute atomic E-state index is 0.0643. The number of halogens is 1. The zero-order chi connectivity index (χ0) is 20.6. The van der Waals surface area contributed by atoms with Gasteiger partial charge in [0.2, 0.25) is 0 Å². The smallest absolute Gasteiger partial charge is 0.265 e. The second-order valence-electron chi connectivity index (χ2n) is 6.62. The number of nitrogens with one attached hydrogen (secondary N) is 1. The Balaban J connectivity index is 2.06. The van der Waals surface area contributed by atoms with Crippen LogP contribution in [0.25, 0.3) is 11.8 Å². The molecule has 144 valence electrons.